The number of rotatable bonds is 6. The summed E-state index contributed by atoms with van der Waals surface area (Å²) in [6, 6.07) is 5.84. The molecule has 0 saturated carbocycles. The van der Waals surface area contributed by atoms with Gasteiger partial charge in [-0.1, -0.05) is 77.8 Å². The summed E-state index contributed by atoms with van der Waals surface area (Å²) in [7, 11) is 0. The normalized spacial score (nSPS) is 12.8. The average molecular weight is 324 g/mol. The van der Waals surface area contributed by atoms with Crippen LogP contribution < -0.4 is 0 Å². The van der Waals surface area contributed by atoms with Crippen LogP contribution in [0.1, 0.15) is 49.4 Å². The Bertz CT molecular complexity index is 326. The van der Waals surface area contributed by atoms with Crippen molar-refractivity contribution in [2.24, 2.45) is 0 Å². The minimum atomic E-state index is 0.388. The molecule has 0 N–H and O–H groups in total. The van der Waals surface area contributed by atoms with E-state index in [0.717, 1.165) is 6.42 Å². The lowest BCUT2D eigenvalue weighted by Gasteiger charge is -2.10. The minimum Gasteiger partial charge on any atom is -0.0839 e. The van der Waals surface area contributed by atoms with Crippen molar-refractivity contribution in [2.75, 3.05) is 0 Å². The molecule has 0 bridgehead atoms. The molecule has 1 atom stereocenters. The van der Waals surface area contributed by atoms with E-state index in [1.54, 1.807) is 0 Å². The zero-order chi connectivity index (χ0) is 12.0. The van der Waals surface area contributed by atoms with Crippen LogP contribution in [0.4, 0.5) is 0 Å². The van der Waals surface area contributed by atoms with Gasteiger partial charge in [-0.3, -0.25) is 0 Å². The maximum atomic E-state index is 5.99. The van der Waals surface area contributed by atoms with E-state index >= 15 is 0 Å². The first-order valence-corrected chi connectivity index (χ1v) is 7.41. The molecule has 0 saturated heterocycles. The Morgan fingerprint density at radius 3 is 2.50 bits per heavy atom. The largest absolute Gasteiger partial charge is 0.0839 e. The second kappa shape index (κ2) is 7.58. The molecule has 0 aromatic heterocycles. The van der Waals surface area contributed by atoms with E-state index in [1.165, 1.54) is 31.2 Å². The molecule has 16 heavy (non-hydrogen) atoms. The predicted molar refractivity (Wildman–Crippen MR) is 76.9 cm³/mol. The second-order valence-electron chi connectivity index (χ2n) is 3.99. The van der Waals surface area contributed by atoms with E-state index in [2.05, 4.69) is 22.9 Å². The molecule has 1 aromatic rings. The van der Waals surface area contributed by atoms with Gasteiger partial charge in [-0.15, -0.1) is 0 Å². The van der Waals surface area contributed by atoms with Gasteiger partial charge in [0.1, 0.15) is 0 Å². The second-order valence-corrected chi connectivity index (χ2v) is 5.91. The lowest BCUT2D eigenvalue weighted by molar-refractivity contribution is 0.630. The molecule has 3 heteroatoms. The van der Waals surface area contributed by atoms with Crippen LogP contribution in [0.2, 0.25) is 10.0 Å². The first kappa shape index (κ1) is 14.3. The van der Waals surface area contributed by atoms with Crippen LogP contribution in [-0.2, 0) is 0 Å². The van der Waals surface area contributed by atoms with Crippen molar-refractivity contribution >= 4 is 39.1 Å². The summed E-state index contributed by atoms with van der Waals surface area (Å²) in [6.45, 7) is 2.23. The highest BCUT2D eigenvalue weighted by atomic mass is 79.9. The Labute approximate surface area is 116 Å². The molecule has 0 nitrogen and oxygen atoms in total. The molecule has 1 rings (SSSR count). The third kappa shape index (κ3) is 4.65. The van der Waals surface area contributed by atoms with Gasteiger partial charge in [0.2, 0.25) is 0 Å². The maximum Gasteiger partial charge on any atom is 0.0595 e. The summed E-state index contributed by atoms with van der Waals surface area (Å²) in [6.07, 6.45) is 6.31. The smallest absolute Gasteiger partial charge is 0.0595 e. The molecule has 0 fully saturated rings. The molecule has 0 aliphatic heterocycles. The van der Waals surface area contributed by atoms with Gasteiger partial charge in [0.25, 0.3) is 0 Å². The van der Waals surface area contributed by atoms with Crippen LogP contribution in [0, 0.1) is 0 Å². The van der Waals surface area contributed by atoms with Gasteiger partial charge in [0.15, 0.2) is 0 Å². The highest BCUT2D eigenvalue weighted by molar-refractivity contribution is 9.09. The van der Waals surface area contributed by atoms with Crippen molar-refractivity contribution in [1.82, 2.24) is 0 Å². The average Bonchev–Trinajstić information content (AvgIpc) is 2.28. The van der Waals surface area contributed by atoms with E-state index < -0.39 is 0 Å². The Balaban J connectivity index is 2.46. The molecule has 0 aliphatic carbocycles. The molecule has 0 amide bonds. The van der Waals surface area contributed by atoms with Crippen molar-refractivity contribution in [2.45, 2.75) is 43.9 Å². The fraction of sp³-hybridized carbons (Fsp3) is 0.538. The van der Waals surface area contributed by atoms with Gasteiger partial charge >= 0.3 is 0 Å². The number of hydrogen-bond acceptors (Lipinski definition) is 0. The van der Waals surface area contributed by atoms with E-state index in [-0.39, 0.29) is 0 Å². The summed E-state index contributed by atoms with van der Waals surface area (Å²) in [5.74, 6) is 0. The molecule has 0 heterocycles. The van der Waals surface area contributed by atoms with Crippen LogP contribution in [0.5, 0.6) is 0 Å². The molecule has 0 radical (unpaired) electrons. The highest BCUT2D eigenvalue weighted by Crippen LogP contribution is 2.32. The molecule has 0 aliphatic rings. The zero-order valence-electron chi connectivity index (χ0n) is 9.48. The van der Waals surface area contributed by atoms with Crippen molar-refractivity contribution in [3.63, 3.8) is 0 Å². The van der Waals surface area contributed by atoms with Gasteiger partial charge in [0, 0.05) is 4.83 Å². The van der Waals surface area contributed by atoms with Crippen LogP contribution >= 0.6 is 39.1 Å². The zero-order valence-corrected chi connectivity index (χ0v) is 12.6. The monoisotopic (exact) mass is 322 g/mol. The van der Waals surface area contributed by atoms with Crippen molar-refractivity contribution in [1.29, 1.82) is 0 Å². The van der Waals surface area contributed by atoms with Crippen molar-refractivity contribution in [3.05, 3.63) is 33.8 Å². The number of halogens is 3. The van der Waals surface area contributed by atoms with E-state index in [9.17, 15) is 0 Å². The Hall–Kier alpha value is 0.280. The summed E-state index contributed by atoms with van der Waals surface area (Å²) in [4.78, 5) is 0.388. The molecular weight excluding hydrogens is 307 g/mol. The summed E-state index contributed by atoms with van der Waals surface area (Å²) < 4.78 is 0. The minimum absolute atomic E-state index is 0.388. The van der Waals surface area contributed by atoms with E-state index in [4.69, 9.17) is 23.2 Å². The number of alkyl halides is 1. The van der Waals surface area contributed by atoms with E-state index in [0.29, 0.717) is 14.9 Å². The molecule has 1 aromatic carbocycles. The first-order valence-electron chi connectivity index (χ1n) is 5.74. The quantitative estimate of drug-likeness (QED) is 0.419. The van der Waals surface area contributed by atoms with Crippen molar-refractivity contribution < 1.29 is 0 Å². The van der Waals surface area contributed by atoms with Gasteiger partial charge in [-0.2, -0.15) is 0 Å². The summed E-state index contributed by atoms with van der Waals surface area (Å²) in [5, 5.41) is 1.26. The fourth-order valence-corrected chi connectivity index (χ4v) is 2.54. The first-order chi connectivity index (χ1) is 7.65. The maximum absolute atomic E-state index is 5.99. The van der Waals surface area contributed by atoms with Gasteiger partial charge in [-0.25, -0.2) is 0 Å². The van der Waals surface area contributed by atoms with Gasteiger partial charge in [-0.05, 0) is 24.1 Å². The van der Waals surface area contributed by atoms with Crippen LogP contribution in [0.25, 0.3) is 0 Å². The molecule has 1 unspecified atom stereocenters. The Kier molecular flexibility index (Phi) is 6.79. The van der Waals surface area contributed by atoms with Crippen molar-refractivity contribution in [3.8, 4) is 0 Å². The van der Waals surface area contributed by atoms with Crippen LogP contribution in [0.15, 0.2) is 18.2 Å². The topological polar surface area (TPSA) is 0 Å². The third-order valence-electron chi connectivity index (χ3n) is 2.62. The molecule has 0 spiro atoms. The summed E-state index contributed by atoms with van der Waals surface area (Å²) in [5.41, 5.74) is 1.21. The SMILES string of the molecule is CCCCCCC(Br)c1ccc(Cl)c(Cl)c1. The lowest BCUT2D eigenvalue weighted by Crippen LogP contribution is -1.90. The predicted octanol–water partition coefficient (Wildman–Crippen LogP) is 6.40. The third-order valence-corrected chi connectivity index (χ3v) is 4.34. The lowest BCUT2D eigenvalue weighted by atomic mass is 10.1. The van der Waals surface area contributed by atoms with Gasteiger partial charge < -0.3 is 0 Å². The number of benzene rings is 1. The van der Waals surface area contributed by atoms with Crippen LogP contribution in [-0.4, -0.2) is 0 Å². The summed E-state index contributed by atoms with van der Waals surface area (Å²) >= 11 is 15.6. The standard InChI is InChI=1S/C13H17BrCl2/c1-2-3-4-5-6-11(14)10-7-8-12(15)13(16)9-10/h7-9,11H,2-6H2,1H3. The highest BCUT2D eigenvalue weighted by Gasteiger charge is 2.08. The van der Waals surface area contributed by atoms with Crippen LogP contribution in [0.3, 0.4) is 0 Å². The molecule has 90 valence electrons. The van der Waals surface area contributed by atoms with E-state index in [1.807, 2.05) is 18.2 Å². The number of unbranched alkanes of at least 4 members (excludes halogenated alkanes) is 3. The Morgan fingerprint density at radius 2 is 1.88 bits per heavy atom. The molecular formula is C13H17BrCl2. The Morgan fingerprint density at radius 1 is 1.12 bits per heavy atom. The fourth-order valence-electron chi connectivity index (χ4n) is 1.62. The number of hydrogen-bond donors (Lipinski definition) is 0. The van der Waals surface area contributed by atoms with Gasteiger partial charge in [0.05, 0.1) is 10.0 Å².